The number of piperazine rings is 1. The van der Waals surface area contributed by atoms with E-state index < -0.39 is 0 Å². The van der Waals surface area contributed by atoms with Crippen LogP contribution in [0.15, 0.2) is 24.4 Å². The predicted octanol–water partition coefficient (Wildman–Crippen LogP) is 2.17. The van der Waals surface area contributed by atoms with Crippen molar-refractivity contribution in [1.29, 1.82) is 0 Å². The van der Waals surface area contributed by atoms with Crippen LogP contribution in [0, 0.1) is 5.92 Å². The number of amides is 1. The molecule has 0 N–H and O–H groups in total. The third kappa shape index (κ3) is 4.73. The molecular weight excluding hydrogens is 392 g/mol. The lowest BCUT2D eigenvalue weighted by molar-refractivity contribution is -0.154. The van der Waals surface area contributed by atoms with Gasteiger partial charge in [0, 0.05) is 77.2 Å². The molecule has 4 fully saturated rings. The van der Waals surface area contributed by atoms with E-state index in [1.165, 1.54) is 0 Å². The largest absolute Gasteiger partial charge is 0.381 e. The number of rotatable bonds is 3. The third-order valence-corrected chi connectivity index (χ3v) is 7.83. The molecule has 0 aromatic carbocycles. The molecule has 1 aromatic rings. The molecular formula is C24H36N4O3. The van der Waals surface area contributed by atoms with Crippen LogP contribution in [-0.4, -0.2) is 91.4 Å². The first-order chi connectivity index (χ1) is 15.2. The van der Waals surface area contributed by atoms with Crippen molar-refractivity contribution in [2.24, 2.45) is 5.92 Å². The molecule has 0 unspecified atom stereocenters. The third-order valence-electron chi connectivity index (χ3n) is 7.83. The minimum absolute atomic E-state index is 0.0342. The molecule has 4 aliphatic heterocycles. The normalized spacial score (nSPS) is 28.1. The number of carbonyl (C=O) groups excluding carboxylic acids is 1. The van der Waals surface area contributed by atoms with Gasteiger partial charge in [-0.2, -0.15) is 0 Å². The molecule has 7 nitrogen and oxygen atoms in total. The first-order valence-electron chi connectivity index (χ1n) is 12.1. The Kier molecular flexibility index (Phi) is 6.44. The highest BCUT2D eigenvalue weighted by Gasteiger charge is 2.43. The average Bonchev–Trinajstić information content (AvgIpc) is 2.85. The number of hydrogen-bond acceptors (Lipinski definition) is 6. The fourth-order valence-electron chi connectivity index (χ4n) is 5.86. The molecule has 1 aromatic heterocycles. The van der Waals surface area contributed by atoms with Gasteiger partial charge < -0.3 is 19.3 Å². The maximum absolute atomic E-state index is 12.9. The molecule has 4 aliphatic rings. The summed E-state index contributed by atoms with van der Waals surface area (Å²) in [5.41, 5.74) is -0.0342. The van der Waals surface area contributed by atoms with Gasteiger partial charge in [-0.25, -0.2) is 4.98 Å². The summed E-state index contributed by atoms with van der Waals surface area (Å²) in [6.45, 7) is 8.24. The van der Waals surface area contributed by atoms with Gasteiger partial charge in [-0.1, -0.05) is 6.07 Å². The lowest BCUT2D eigenvalue weighted by Crippen LogP contribution is -2.58. The summed E-state index contributed by atoms with van der Waals surface area (Å²) in [5.74, 6) is 1.60. The molecule has 0 aliphatic carbocycles. The second kappa shape index (κ2) is 9.43. The maximum atomic E-state index is 12.9. The molecule has 31 heavy (non-hydrogen) atoms. The van der Waals surface area contributed by atoms with Crippen LogP contribution in [0.25, 0.3) is 0 Å². The average molecular weight is 429 g/mol. The number of hydrogen-bond donors (Lipinski definition) is 0. The van der Waals surface area contributed by atoms with Crippen molar-refractivity contribution in [2.75, 3.05) is 64.0 Å². The van der Waals surface area contributed by atoms with Crippen LogP contribution in [-0.2, 0) is 14.3 Å². The highest BCUT2D eigenvalue weighted by molar-refractivity contribution is 5.79. The molecule has 170 valence electrons. The highest BCUT2D eigenvalue weighted by Crippen LogP contribution is 2.37. The van der Waals surface area contributed by atoms with Crippen LogP contribution in [0.4, 0.5) is 5.82 Å². The molecule has 1 amide bonds. The van der Waals surface area contributed by atoms with E-state index in [0.717, 1.165) is 103 Å². The summed E-state index contributed by atoms with van der Waals surface area (Å²) >= 11 is 0. The summed E-state index contributed by atoms with van der Waals surface area (Å²) < 4.78 is 11.8. The molecule has 5 heterocycles. The Hall–Kier alpha value is -1.70. The standard InChI is InChI=1S/C24H36N4O3/c29-23(20-4-16-30-17-5-20)28-10-7-24(8-11-28)19-21(6-18-31-24)26-12-14-27(15-13-26)22-3-1-2-9-25-22/h1-3,9,20-21H,4-8,10-19H2/t21-/m1/s1. The van der Waals surface area contributed by atoms with Crippen molar-refractivity contribution < 1.29 is 14.3 Å². The summed E-state index contributed by atoms with van der Waals surface area (Å²) in [4.78, 5) is 24.6. The SMILES string of the molecule is O=C(C1CCOCC1)N1CCC2(CC1)C[C@H](N1CCN(c3ccccn3)CC1)CCO2. The van der Waals surface area contributed by atoms with Crippen molar-refractivity contribution in [3.05, 3.63) is 24.4 Å². The van der Waals surface area contributed by atoms with Gasteiger partial charge in [0.25, 0.3) is 0 Å². The molecule has 7 heteroatoms. The molecule has 0 radical (unpaired) electrons. The molecule has 0 bridgehead atoms. The maximum Gasteiger partial charge on any atom is 0.225 e. The number of anilines is 1. The van der Waals surface area contributed by atoms with E-state index in [9.17, 15) is 4.79 Å². The molecule has 1 spiro atoms. The number of pyridine rings is 1. The Morgan fingerprint density at radius 1 is 0.968 bits per heavy atom. The monoisotopic (exact) mass is 428 g/mol. The van der Waals surface area contributed by atoms with Gasteiger partial charge >= 0.3 is 0 Å². The van der Waals surface area contributed by atoms with E-state index in [1.807, 2.05) is 12.3 Å². The number of nitrogens with zero attached hydrogens (tertiary/aromatic N) is 4. The van der Waals surface area contributed by atoms with Gasteiger partial charge in [-0.15, -0.1) is 0 Å². The second-order valence-corrected chi connectivity index (χ2v) is 9.60. The second-order valence-electron chi connectivity index (χ2n) is 9.60. The van der Waals surface area contributed by atoms with E-state index in [-0.39, 0.29) is 11.5 Å². The molecule has 0 saturated carbocycles. The predicted molar refractivity (Wildman–Crippen MR) is 119 cm³/mol. The lowest BCUT2D eigenvalue weighted by Gasteiger charge is -2.50. The Morgan fingerprint density at radius 2 is 1.74 bits per heavy atom. The van der Waals surface area contributed by atoms with Crippen molar-refractivity contribution in [3.63, 3.8) is 0 Å². The zero-order chi connectivity index (χ0) is 21.1. The van der Waals surface area contributed by atoms with E-state index >= 15 is 0 Å². The number of aromatic nitrogens is 1. The van der Waals surface area contributed by atoms with Gasteiger partial charge in [0.2, 0.25) is 5.91 Å². The Bertz CT molecular complexity index is 724. The van der Waals surface area contributed by atoms with Gasteiger partial charge in [0.05, 0.1) is 5.60 Å². The summed E-state index contributed by atoms with van der Waals surface area (Å²) in [6, 6.07) is 6.74. The number of likely N-dealkylation sites (tertiary alicyclic amines) is 1. The molecule has 4 saturated heterocycles. The smallest absolute Gasteiger partial charge is 0.225 e. The van der Waals surface area contributed by atoms with Crippen LogP contribution >= 0.6 is 0 Å². The number of ether oxygens (including phenoxy) is 2. The van der Waals surface area contributed by atoms with Gasteiger partial charge in [-0.3, -0.25) is 9.69 Å². The Labute approximate surface area is 185 Å². The van der Waals surface area contributed by atoms with Crippen LogP contribution in [0.3, 0.4) is 0 Å². The van der Waals surface area contributed by atoms with Crippen LogP contribution in [0.2, 0.25) is 0 Å². The summed E-state index contributed by atoms with van der Waals surface area (Å²) in [7, 11) is 0. The molecule has 1 atom stereocenters. The topological polar surface area (TPSA) is 58.1 Å². The zero-order valence-corrected chi connectivity index (χ0v) is 18.6. The number of carbonyl (C=O) groups is 1. The van der Waals surface area contributed by atoms with E-state index in [2.05, 4.69) is 31.8 Å². The Morgan fingerprint density at radius 3 is 2.45 bits per heavy atom. The highest BCUT2D eigenvalue weighted by atomic mass is 16.5. The van der Waals surface area contributed by atoms with E-state index in [0.29, 0.717) is 11.9 Å². The minimum atomic E-state index is -0.0342. The summed E-state index contributed by atoms with van der Waals surface area (Å²) in [6.07, 6.45) is 7.82. The Balaban J connectivity index is 1.13. The van der Waals surface area contributed by atoms with Crippen molar-refractivity contribution >= 4 is 11.7 Å². The van der Waals surface area contributed by atoms with Gasteiger partial charge in [0.1, 0.15) is 5.82 Å². The van der Waals surface area contributed by atoms with Gasteiger partial charge in [-0.05, 0) is 50.7 Å². The zero-order valence-electron chi connectivity index (χ0n) is 18.6. The molecule has 5 rings (SSSR count). The first-order valence-corrected chi connectivity index (χ1v) is 12.1. The minimum Gasteiger partial charge on any atom is -0.381 e. The van der Waals surface area contributed by atoms with Gasteiger partial charge in [0.15, 0.2) is 0 Å². The van der Waals surface area contributed by atoms with Crippen molar-refractivity contribution in [2.45, 2.75) is 50.2 Å². The fourth-order valence-corrected chi connectivity index (χ4v) is 5.86. The van der Waals surface area contributed by atoms with E-state index in [4.69, 9.17) is 9.47 Å². The van der Waals surface area contributed by atoms with Crippen LogP contribution < -0.4 is 4.90 Å². The van der Waals surface area contributed by atoms with E-state index in [1.54, 1.807) is 0 Å². The van der Waals surface area contributed by atoms with Crippen LogP contribution in [0.5, 0.6) is 0 Å². The summed E-state index contributed by atoms with van der Waals surface area (Å²) in [5, 5.41) is 0. The van der Waals surface area contributed by atoms with Crippen molar-refractivity contribution in [1.82, 2.24) is 14.8 Å². The lowest BCUT2D eigenvalue weighted by atomic mass is 9.81. The van der Waals surface area contributed by atoms with Crippen molar-refractivity contribution in [3.8, 4) is 0 Å². The first kappa shape index (κ1) is 21.2. The fraction of sp³-hybridized carbons (Fsp3) is 0.750. The van der Waals surface area contributed by atoms with Crippen LogP contribution in [0.1, 0.15) is 38.5 Å². The number of piperidine rings is 1. The quantitative estimate of drug-likeness (QED) is 0.736.